The highest BCUT2D eigenvalue weighted by molar-refractivity contribution is 5.97. The maximum absolute atomic E-state index is 5.30. The topological polar surface area (TPSA) is 9.23 Å². The van der Waals surface area contributed by atoms with Crippen molar-refractivity contribution in [1.82, 2.24) is 0 Å². The van der Waals surface area contributed by atoms with Crippen molar-refractivity contribution in [2.24, 2.45) is 17.8 Å². The zero-order valence-electron chi connectivity index (χ0n) is 9.97. The molecule has 0 rings (SSSR count). The Balaban J connectivity index is 4.01. The molecule has 0 aliphatic carbocycles. The fourth-order valence-corrected chi connectivity index (χ4v) is 2.23. The molecule has 0 bridgehead atoms. The molecule has 2 heteroatoms. The second-order valence-electron chi connectivity index (χ2n) is 4.22. The second-order valence-corrected chi connectivity index (χ2v) is 4.79. The van der Waals surface area contributed by atoms with Gasteiger partial charge in [-0.25, -0.2) is 0 Å². The van der Waals surface area contributed by atoms with Gasteiger partial charge >= 0.3 is 0 Å². The van der Waals surface area contributed by atoms with Crippen molar-refractivity contribution >= 4 is 10.5 Å². The molecule has 0 spiro atoms. The zero-order chi connectivity index (χ0) is 10.3. The first-order valence-corrected chi connectivity index (χ1v) is 6.47. The molecule has 0 saturated heterocycles. The third-order valence-corrected chi connectivity index (χ3v) is 3.81. The lowest BCUT2D eigenvalue weighted by Crippen LogP contribution is -2.20. The van der Waals surface area contributed by atoms with E-state index < -0.39 is 0 Å². The molecule has 0 aliphatic rings. The van der Waals surface area contributed by atoms with Crippen LogP contribution in [-0.4, -0.2) is 17.1 Å². The van der Waals surface area contributed by atoms with E-state index >= 15 is 0 Å². The van der Waals surface area contributed by atoms with Crippen LogP contribution in [0.3, 0.4) is 0 Å². The molecule has 0 saturated carbocycles. The molecule has 1 nitrogen and oxygen atoms in total. The summed E-state index contributed by atoms with van der Waals surface area (Å²) in [7, 11) is 0.889. The van der Waals surface area contributed by atoms with Gasteiger partial charge in [0.05, 0.1) is 0 Å². The Labute approximate surface area is 86.8 Å². The van der Waals surface area contributed by atoms with Crippen molar-refractivity contribution in [3.63, 3.8) is 0 Å². The molecule has 0 radical (unpaired) electrons. The van der Waals surface area contributed by atoms with Gasteiger partial charge in [0.15, 0.2) is 0 Å². The van der Waals surface area contributed by atoms with Crippen molar-refractivity contribution in [3.8, 4) is 0 Å². The fraction of sp³-hybridized carbons (Fsp3) is 1.00. The van der Waals surface area contributed by atoms with Crippen molar-refractivity contribution in [2.75, 3.05) is 6.61 Å². The summed E-state index contributed by atoms with van der Waals surface area (Å²) in [6.45, 7) is 10.3. The first kappa shape index (κ1) is 13.2. The van der Waals surface area contributed by atoms with E-state index in [-0.39, 0.29) is 0 Å². The van der Waals surface area contributed by atoms with Gasteiger partial charge in [-0.15, -0.1) is 0 Å². The first-order valence-electron chi connectivity index (χ1n) is 5.66. The number of rotatable bonds is 7. The number of hydrogen-bond donors (Lipinski definition) is 0. The van der Waals surface area contributed by atoms with Gasteiger partial charge in [0, 0.05) is 6.61 Å². The van der Waals surface area contributed by atoms with Gasteiger partial charge in [-0.1, -0.05) is 40.5 Å². The molecule has 0 aliphatic heterocycles. The molecule has 0 heterocycles. The monoisotopic (exact) mass is 202 g/mol. The minimum atomic E-state index is 0.853. The van der Waals surface area contributed by atoms with E-state index in [9.17, 15) is 0 Å². The summed E-state index contributed by atoms with van der Waals surface area (Å²) in [5.74, 6) is 2.57. The van der Waals surface area contributed by atoms with Gasteiger partial charge in [0.25, 0.3) is 0 Å². The van der Waals surface area contributed by atoms with Crippen molar-refractivity contribution in [2.45, 2.75) is 47.0 Å². The zero-order valence-corrected chi connectivity index (χ0v) is 12.0. The highest BCUT2D eigenvalue weighted by Gasteiger charge is 2.20. The second kappa shape index (κ2) is 7.57. The minimum Gasteiger partial charge on any atom is -0.428 e. The normalized spacial score (nSPS) is 18.5. The Bertz CT molecular complexity index is 107. The Morgan fingerprint density at radius 1 is 1.08 bits per heavy atom. The van der Waals surface area contributed by atoms with E-state index in [4.69, 9.17) is 4.43 Å². The van der Waals surface area contributed by atoms with Crippen LogP contribution in [0.4, 0.5) is 0 Å². The molecule has 2 atom stereocenters. The summed E-state index contributed by atoms with van der Waals surface area (Å²) >= 11 is 0. The largest absolute Gasteiger partial charge is 0.428 e. The van der Waals surface area contributed by atoms with Crippen LogP contribution < -0.4 is 0 Å². The predicted octanol–water partition coefficient (Wildman–Crippen LogP) is 2.38. The number of hydrogen-bond acceptors (Lipinski definition) is 1. The standard InChI is InChI=1S/C11H26OSi/c1-5-9(3)11(7-8-12-13)10(4)6-2/h9-11H,5-8H2,1-4,13H3. The van der Waals surface area contributed by atoms with E-state index in [0.29, 0.717) is 0 Å². The van der Waals surface area contributed by atoms with Gasteiger partial charge in [0.2, 0.25) is 0 Å². The molecule has 0 amide bonds. The summed E-state index contributed by atoms with van der Waals surface area (Å²) in [5.41, 5.74) is 0. The van der Waals surface area contributed by atoms with Crippen LogP contribution in [0.15, 0.2) is 0 Å². The van der Waals surface area contributed by atoms with E-state index in [2.05, 4.69) is 27.7 Å². The van der Waals surface area contributed by atoms with E-state index in [0.717, 1.165) is 34.8 Å². The molecule has 0 N–H and O–H groups in total. The van der Waals surface area contributed by atoms with Crippen LogP contribution in [0.2, 0.25) is 0 Å². The molecular weight excluding hydrogens is 176 g/mol. The lowest BCUT2D eigenvalue weighted by Gasteiger charge is -2.28. The van der Waals surface area contributed by atoms with Crippen LogP contribution in [0.1, 0.15) is 47.0 Å². The molecule has 80 valence electrons. The molecule has 0 fully saturated rings. The third-order valence-electron chi connectivity index (χ3n) is 3.41. The summed E-state index contributed by atoms with van der Waals surface area (Å²) in [5, 5.41) is 0. The van der Waals surface area contributed by atoms with Gasteiger partial charge in [0.1, 0.15) is 10.5 Å². The van der Waals surface area contributed by atoms with Gasteiger partial charge in [-0.05, 0) is 24.2 Å². The Hall–Kier alpha value is 0.177. The minimum absolute atomic E-state index is 0.853. The van der Waals surface area contributed by atoms with E-state index in [1.54, 1.807) is 0 Å². The predicted molar refractivity (Wildman–Crippen MR) is 62.9 cm³/mol. The van der Waals surface area contributed by atoms with Gasteiger partial charge < -0.3 is 4.43 Å². The highest BCUT2D eigenvalue weighted by atomic mass is 28.2. The van der Waals surface area contributed by atoms with Crippen LogP contribution in [0.5, 0.6) is 0 Å². The quantitative estimate of drug-likeness (QED) is 0.576. The summed E-state index contributed by atoms with van der Waals surface area (Å²) in [6, 6.07) is 0. The van der Waals surface area contributed by atoms with Gasteiger partial charge in [-0.2, -0.15) is 0 Å². The summed E-state index contributed by atoms with van der Waals surface area (Å²) in [6.07, 6.45) is 3.86. The molecule has 0 aromatic carbocycles. The molecule has 2 unspecified atom stereocenters. The molecule has 0 aromatic heterocycles. The van der Waals surface area contributed by atoms with E-state index in [1.165, 1.54) is 19.3 Å². The average molecular weight is 202 g/mol. The Kier molecular flexibility index (Phi) is 7.67. The van der Waals surface area contributed by atoms with Crippen LogP contribution in [-0.2, 0) is 4.43 Å². The van der Waals surface area contributed by atoms with E-state index in [1.807, 2.05) is 0 Å². The van der Waals surface area contributed by atoms with Crippen molar-refractivity contribution < 1.29 is 4.43 Å². The maximum Gasteiger partial charge on any atom is 0.145 e. The summed E-state index contributed by atoms with van der Waals surface area (Å²) < 4.78 is 5.30. The van der Waals surface area contributed by atoms with Crippen molar-refractivity contribution in [3.05, 3.63) is 0 Å². The van der Waals surface area contributed by atoms with Crippen LogP contribution in [0.25, 0.3) is 0 Å². The molecule has 0 aromatic rings. The third kappa shape index (κ3) is 4.82. The Morgan fingerprint density at radius 3 is 1.85 bits per heavy atom. The molecular formula is C11H26OSi. The van der Waals surface area contributed by atoms with Crippen LogP contribution in [0, 0.1) is 17.8 Å². The lowest BCUT2D eigenvalue weighted by molar-refractivity contribution is 0.189. The smallest absolute Gasteiger partial charge is 0.145 e. The van der Waals surface area contributed by atoms with Crippen molar-refractivity contribution in [1.29, 1.82) is 0 Å². The fourth-order valence-electron chi connectivity index (χ4n) is 1.99. The lowest BCUT2D eigenvalue weighted by atomic mass is 9.79. The molecule has 13 heavy (non-hydrogen) atoms. The Morgan fingerprint density at radius 2 is 1.54 bits per heavy atom. The first-order chi connectivity index (χ1) is 6.17. The highest BCUT2D eigenvalue weighted by Crippen LogP contribution is 2.28. The maximum atomic E-state index is 5.30. The van der Waals surface area contributed by atoms with Crippen LogP contribution >= 0.6 is 0 Å². The summed E-state index contributed by atoms with van der Waals surface area (Å²) in [4.78, 5) is 0. The average Bonchev–Trinajstić information content (AvgIpc) is 2.17. The van der Waals surface area contributed by atoms with Gasteiger partial charge in [-0.3, -0.25) is 0 Å². The SMILES string of the molecule is CCC(C)C(CCO[SiH3])C(C)CC.